The predicted molar refractivity (Wildman–Crippen MR) is 62.0 cm³/mol. The molecule has 1 heterocycles. The summed E-state index contributed by atoms with van der Waals surface area (Å²) in [6, 6.07) is 0. The number of thiazole rings is 1. The van der Waals surface area contributed by atoms with E-state index >= 15 is 0 Å². The molecule has 0 fully saturated rings. The monoisotopic (exact) mass is 268 g/mol. The molecule has 0 aliphatic rings. The molecule has 1 atom stereocenters. The number of nitrogens with one attached hydrogen (secondary N) is 1. The van der Waals surface area contributed by atoms with Crippen molar-refractivity contribution in [1.82, 2.24) is 9.71 Å². The highest BCUT2D eigenvalue weighted by atomic mass is 35.5. The molecule has 7 heteroatoms. The second-order valence-corrected chi connectivity index (χ2v) is 7.14. The van der Waals surface area contributed by atoms with E-state index in [1.807, 2.05) is 6.92 Å². The van der Waals surface area contributed by atoms with Crippen LogP contribution in [0.5, 0.6) is 0 Å². The summed E-state index contributed by atoms with van der Waals surface area (Å²) in [6.45, 7) is 3.95. The maximum absolute atomic E-state index is 11.6. The van der Waals surface area contributed by atoms with Gasteiger partial charge < -0.3 is 0 Å². The van der Waals surface area contributed by atoms with Crippen LogP contribution in [0.3, 0.4) is 0 Å². The van der Waals surface area contributed by atoms with Gasteiger partial charge in [0.05, 0.1) is 11.2 Å². The Morgan fingerprint density at radius 2 is 2.33 bits per heavy atom. The van der Waals surface area contributed by atoms with Gasteiger partial charge in [-0.05, 0) is 20.3 Å². The number of alkyl halides is 1. The van der Waals surface area contributed by atoms with E-state index in [0.717, 1.165) is 16.3 Å². The lowest BCUT2D eigenvalue weighted by molar-refractivity contribution is 0.580. The van der Waals surface area contributed by atoms with Gasteiger partial charge >= 0.3 is 0 Å². The Kier molecular flexibility index (Phi) is 4.51. The normalized spacial score (nSPS) is 14.1. The van der Waals surface area contributed by atoms with Crippen molar-refractivity contribution >= 4 is 33.0 Å². The molecule has 86 valence electrons. The van der Waals surface area contributed by atoms with E-state index in [-0.39, 0.29) is 9.59 Å². The quantitative estimate of drug-likeness (QED) is 0.828. The molecule has 0 radical (unpaired) electrons. The number of aromatic nitrogens is 1. The van der Waals surface area contributed by atoms with Gasteiger partial charge in [-0.3, -0.25) is 0 Å². The highest BCUT2D eigenvalue weighted by molar-refractivity contribution is 7.91. The Balaban J connectivity index is 2.60. The van der Waals surface area contributed by atoms with Crippen LogP contribution in [-0.4, -0.2) is 25.3 Å². The van der Waals surface area contributed by atoms with Gasteiger partial charge in [-0.2, -0.15) is 0 Å². The van der Waals surface area contributed by atoms with Gasteiger partial charge in [-0.1, -0.05) is 0 Å². The van der Waals surface area contributed by atoms with Crippen molar-refractivity contribution in [2.75, 3.05) is 6.54 Å². The summed E-state index contributed by atoms with van der Waals surface area (Å²) in [5, 5.41) is 0.706. The standard InChI is InChI=1S/C8H13ClN2O2S2/c1-6(9)3-4-11-15(12,13)8-5-10-7(2)14-8/h5-6,11H,3-4H2,1-2H3. The summed E-state index contributed by atoms with van der Waals surface area (Å²) in [7, 11) is -3.39. The number of rotatable bonds is 5. The Labute approximate surface area is 98.7 Å². The van der Waals surface area contributed by atoms with Crippen LogP contribution >= 0.6 is 22.9 Å². The minimum atomic E-state index is -3.39. The number of hydrogen-bond donors (Lipinski definition) is 1. The molecule has 0 aromatic carbocycles. The minimum absolute atomic E-state index is 0.0316. The molecule has 1 aromatic rings. The molecule has 0 amide bonds. The molecule has 1 aromatic heterocycles. The molecule has 15 heavy (non-hydrogen) atoms. The van der Waals surface area contributed by atoms with Crippen molar-refractivity contribution in [1.29, 1.82) is 0 Å². The highest BCUT2D eigenvalue weighted by Crippen LogP contribution is 2.17. The van der Waals surface area contributed by atoms with E-state index in [1.165, 1.54) is 6.20 Å². The molecular formula is C8H13ClN2O2S2. The van der Waals surface area contributed by atoms with Crippen LogP contribution in [0.4, 0.5) is 0 Å². The van der Waals surface area contributed by atoms with Gasteiger partial charge in [0, 0.05) is 11.9 Å². The molecule has 0 saturated carbocycles. The number of nitrogens with zero attached hydrogens (tertiary/aromatic N) is 1. The van der Waals surface area contributed by atoms with Crippen LogP contribution in [0.2, 0.25) is 0 Å². The summed E-state index contributed by atoms with van der Waals surface area (Å²) < 4.78 is 26.0. The van der Waals surface area contributed by atoms with E-state index in [4.69, 9.17) is 11.6 Å². The van der Waals surface area contributed by atoms with E-state index in [1.54, 1.807) is 6.92 Å². The summed E-state index contributed by atoms with van der Waals surface area (Å²) in [5.41, 5.74) is 0. The van der Waals surface area contributed by atoms with E-state index in [9.17, 15) is 8.42 Å². The fourth-order valence-corrected chi connectivity index (χ4v) is 3.24. The molecule has 0 saturated heterocycles. The number of sulfonamides is 1. The lowest BCUT2D eigenvalue weighted by Gasteiger charge is -2.04. The molecule has 0 aliphatic heterocycles. The van der Waals surface area contributed by atoms with E-state index < -0.39 is 10.0 Å². The fraction of sp³-hybridized carbons (Fsp3) is 0.625. The fourth-order valence-electron chi connectivity index (χ4n) is 0.929. The average Bonchev–Trinajstić information content (AvgIpc) is 2.51. The largest absolute Gasteiger partial charge is 0.251 e. The molecule has 1 unspecified atom stereocenters. The van der Waals surface area contributed by atoms with Gasteiger partial charge in [-0.25, -0.2) is 18.1 Å². The smallest absolute Gasteiger partial charge is 0.249 e. The van der Waals surface area contributed by atoms with Crippen LogP contribution in [0.15, 0.2) is 10.4 Å². The third-order valence-corrected chi connectivity index (χ3v) is 4.75. The molecule has 0 aliphatic carbocycles. The van der Waals surface area contributed by atoms with Crippen LogP contribution in [-0.2, 0) is 10.0 Å². The van der Waals surface area contributed by atoms with Crippen molar-refractivity contribution < 1.29 is 8.42 Å². The van der Waals surface area contributed by atoms with Gasteiger partial charge in [0.15, 0.2) is 4.21 Å². The van der Waals surface area contributed by atoms with Gasteiger partial charge in [0.1, 0.15) is 0 Å². The lowest BCUT2D eigenvalue weighted by Crippen LogP contribution is -2.25. The van der Waals surface area contributed by atoms with E-state index in [2.05, 4.69) is 9.71 Å². The van der Waals surface area contributed by atoms with Crippen LogP contribution < -0.4 is 4.72 Å². The predicted octanol–water partition coefficient (Wildman–Crippen LogP) is 1.75. The van der Waals surface area contributed by atoms with Gasteiger partial charge in [-0.15, -0.1) is 22.9 Å². The van der Waals surface area contributed by atoms with E-state index in [0.29, 0.717) is 13.0 Å². The first-order valence-electron chi connectivity index (χ1n) is 4.48. The second kappa shape index (κ2) is 5.25. The lowest BCUT2D eigenvalue weighted by atomic mass is 10.3. The van der Waals surface area contributed by atoms with Gasteiger partial charge in [0.2, 0.25) is 0 Å². The Morgan fingerprint density at radius 3 is 2.80 bits per heavy atom. The summed E-state index contributed by atoms with van der Waals surface area (Å²) in [4.78, 5) is 3.90. The summed E-state index contributed by atoms with van der Waals surface area (Å²) in [6.07, 6.45) is 1.98. The molecular weight excluding hydrogens is 256 g/mol. The molecule has 0 bridgehead atoms. The number of aryl methyl sites for hydroxylation is 1. The zero-order chi connectivity index (χ0) is 11.5. The number of hydrogen-bond acceptors (Lipinski definition) is 4. The van der Waals surface area contributed by atoms with Crippen molar-refractivity contribution in [2.24, 2.45) is 0 Å². The second-order valence-electron chi connectivity index (χ2n) is 3.17. The first-order valence-corrected chi connectivity index (χ1v) is 7.21. The Morgan fingerprint density at radius 1 is 1.67 bits per heavy atom. The van der Waals surface area contributed by atoms with Crippen molar-refractivity contribution in [3.63, 3.8) is 0 Å². The SMILES string of the molecule is Cc1ncc(S(=O)(=O)NCCC(C)Cl)s1. The first-order chi connectivity index (χ1) is 6.92. The molecule has 1 N–H and O–H groups in total. The molecule has 1 rings (SSSR count). The van der Waals surface area contributed by atoms with Crippen molar-refractivity contribution in [2.45, 2.75) is 29.9 Å². The van der Waals surface area contributed by atoms with Crippen LogP contribution in [0.1, 0.15) is 18.4 Å². The minimum Gasteiger partial charge on any atom is -0.249 e. The summed E-state index contributed by atoms with van der Waals surface area (Å²) in [5.74, 6) is 0. The molecule has 4 nitrogen and oxygen atoms in total. The molecule has 0 spiro atoms. The summed E-state index contributed by atoms with van der Waals surface area (Å²) >= 11 is 6.87. The van der Waals surface area contributed by atoms with Crippen molar-refractivity contribution in [3.05, 3.63) is 11.2 Å². The van der Waals surface area contributed by atoms with Crippen LogP contribution in [0, 0.1) is 6.92 Å². The van der Waals surface area contributed by atoms with Crippen molar-refractivity contribution in [3.8, 4) is 0 Å². The Bertz CT molecular complexity index is 414. The number of halogens is 1. The third-order valence-electron chi connectivity index (χ3n) is 1.70. The first kappa shape index (κ1) is 12.9. The average molecular weight is 269 g/mol. The Hall–Kier alpha value is -0.170. The maximum atomic E-state index is 11.6. The van der Waals surface area contributed by atoms with Gasteiger partial charge in [0.25, 0.3) is 10.0 Å². The zero-order valence-electron chi connectivity index (χ0n) is 8.53. The highest BCUT2D eigenvalue weighted by Gasteiger charge is 2.16. The third kappa shape index (κ3) is 4.06. The van der Waals surface area contributed by atoms with Crippen LogP contribution in [0.25, 0.3) is 0 Å². The maximum Gasteiger partial charge on any atom is 0.251 e. The topological polar surface area (TPSA) is 59.1 Å². The zero-order valence-corrected chi connectivity index (χ0v) is 10.9.